The van der Waals surface area contributed by atoms with Gasteiger partial charge in [0.25, 0.3) is 0 Å². The number of rotatable bonds is 6. The Morgan fingerprint density at radius 1 is 0.944 bits per heavy atom. The summed E-state index contributed by atoms with van der Waals surface area (Å²) >= 11 is 0. The smallest absolute Gasteiger partial charge is 0.229 e. The summed E-state index contributed by atoms with van der Waals surface area (Å²) in [6.07, 6.45) is 10.6. The van der Waals surface area contributed by atoms with E-state index in [4.69, 9.17) is 4.74 Å². The van der Waals surface area contributed by atoms with Gasteiger partial charge in [-0.1, -0.05) is 37.5 Å². The van der Waals surface area contributed by atoms with E-state index in [-0.39, 0.29) is 8.60 Å². The minimum atomic E-state index is 0. The van der Waals surface area contributed by atoms with Crippen LogP contribution in [0.15, 0.2) is 67.0 Å². The van der Waals surface area contributed by atoms with Gasteiger partial charge in [-0.15, -0.1) is 0 Å². The van der Waals surface area contributed by atoms with Crippen molar-refractivity contribution in [2.24, 2.45) is 0 Å². The molecule has 0 saturated heterocycles. The SMILES string of the molecule is CN(C)C1CCCCC1.COc1cc(Nc2nccc(Nc3cnc4ccccc4c3)n2)ccc1O.[HH].[HH]. The third-order valence-electron chi connectivity index (χ3n) is 6.26. The number of fused-ring (bicyclic) bond motifs is 1. The van der Waals surface area contributed by atoms with Crippen molar-refractivity contribution in [1.29, 1.82) is 0 Å². The van der Waals surface area contributed by atoms with E-state index in [0.29, 0.717) is 23.2 Å². The van der Waals surface area contributed by atoms with Gasteiger partial charge in [-0.25, -0.2) is 4.98 Å². The van der Waals surface area contributed by atoms with E-state index < -0.39 is 0 Å². The summed E-state index contributed by atoms with van der Waals surface area (Å²) in [5, 5.41) is 17.1. The zero-order valence-electron chi connectivity index (χ0n) is 21.1. The summed E-state index contributed by atoms with van der Waals surface area (Å²) < 4.78 is 5.11. The number of aromatic nitrogens is 3. The largest absolute Gasteiger partial charge is 0.504 e. The number of methoxy groups -OCH3 is 1. The Morgan fingerprint density at radius 3 is 2.50 bits per heavy atom. The molecule has 2 aromatic heterocycles. The highest BCUT2D eigenvalue weighted by molar-refractivity contribution is 5.82. The average Bonchev–Trinajstić information content (AvgIpc) is 2.91. The van der Waals surface area contributed by atoms with Gasteiger partial charge in [0.1, 0.15) is 5.82 Å². The Labute approximate surface area is 215 Å². The van der Waals surface area contributed by atoms with Crippen LogP contribution in [0.4, 0.5) is 23.1 Å². The molecule has 0 aliphatic heterocycles. The molecule has 36 heavy (non-hydrogen) atoms. The molecule has 0 radical (unpaired) electrons. The van der Waals surface area contributed by atoms with E-state index >= 15 is 0 Å². The normalized spacial score (nSPS) is 13.7. The van der Waals surface area contributed by atoms with Crippen LogP contribution in [-0.4, -0.2) is 52.2 Å². The molecular weight excluding hydrogens is 452 g/mol. The van der Waals surface area contributed by atoms with Crippen molar-refractivity contribution in [2.45, 2.75) is 38.1 Å². The second kappa shape index (κ2) is 12.2. The molecule has 1 aliphatic carbocycles. The molecule has 0 atom stereocenters. The Bertz CT molecular complexity index is 1290. The fourth-order valence-electron chi connectivity index (χ4n) is 4.26. The fraction of sp³-hybridized carbons (Fsp3) is 0.321. The molecule has 8 nitrogen and oxygen atoms in total. The van der Waals surface area contributed by atoms with Crippen LogP contribution in [0.3, 0.4) is 0 Å². The van der Waals surface area contributed by atoms with E-state index in [1.165, 1.54) is 39.2 Å². The molecule has 3 N–H and O–H groups in total. The summed E-state index contributed by atoms with van der Waals surface area (Å²) in [5.74, 6) is 1.50. The van der Waals surface area contributed by atoms with Gasteiger partial charge in [0.05, 0.1) is 24.5 Å². The highest BCUT2D eigenvalue weighted by Gasteiger charge is 2.14. The highest BCUT2D eigenvalue weighted by atomic mass is 16.5. The van der Waals surface area contributed by atoms with E-state index in [1.54, 1.807) is 36.7 Å². The van der Waals surface area contributed by atoms with Crippen LogP contribution in [0.25, 0.3) is 10.9 Å². The molecular formula is C28H38N6O2. The third-order valence-corrected chi connectivity index (χ3v) is 6.26. The third kappa shape index (κ3) is 6.82. The van der Waals surface area contributed by atoms with Crippen molar-refractivity contribution in [1.82, 2.24) is 19.9 Å². The van der Waals surface area contributed by atoms with Gasteiger partial charge in [0.2, 0.25) is 5.95 Å². The molecule has 4 aromatic rings. The predicted molar refractivity (Wildman–Crippen MR) is 150 cm³/mol. The number of anilines is 4. The maximum absolute atomic E-state index is 9.68. The molecule has 8 heteroatoms. The lowest BCUT2D eigenvalue weighted by atomic mass is 9.95. The molecule has 1 aliphatic rings. The molecule has 2 aromatic carbocycles. The molecule has 0 spiro atoms. The Kier molecular flexibility index (Phi) is 8.52. The van der Waals surface area contributed by atoms with Crippen molar-refractivity contribution >= 4 is 34.0 Å². The first-order valence-corrected chi connectivity index (χ1v) is 12.3. The summed E-state index contributed by atoms with van der Waals surface area (Å²) in [6.45, 7) is 0. The second-order valence-corrected chi connectivity index (χ2v) is 9.07. The molecule has 1 saturated carbocycles. The minimum Gasteiger partial charge on any atom is -0.504 e. The molecule has 1 fully saturated rings. The number of nitrogens with one attached hydrogen (secondary N) is 2. The average molecular weight is 491 g/mol. The number of hydrogen-bond donors (Lipinski definition) is 3. The lowest BCUT2D eigenvalue weighted by molar-refractivity contribution is 0.229. The van der Waals surface area contributed by atoms with Crippen LogP contribution in [0.5, 0.6) is 11.5 Å². The van der Waals surface area contributed by atoms with Crippen LogP contribution < -0.4 is 15.4 Å². The first-order valence-electron chi connectivity index (χ1n) is 12.3. The summed E-state index contributed by atoms with van der Waals surface area (Å²) in [6, 6.07) is 17.5. The van der Waals surface area contributed by atoms with Gasteiger partial charge in [-0.05, 0) is 57.3 Å². The van der Waals surface area contributed by atoms with E-state index in [1.807, 2.05) is 30.3 Å². The highest BCUT2D eigenvalue weighted by Crippen LogP contribution is 2.30. The van der Waals surface area contributed by atoms with Crippen molar-refractivity contribution in [3.63, 3.8) is 0 Å². The molecule has 0 amide bonds. The molecule has 0 bridgehead atoms. The maximum atomic E-state index is 9.68. The monoisotopic (exact) mass is 490 g/mol. The van der Waals surface area contributed by atoms with Gasteiger partial charge >= 0.3 is 0 Å². The van der Waals surface area contributed by atoms with Crippen molar-refractivity contribution in [2.75, 3.05) is 31.8 Å². The van der Waals surface area contributed by atoms with Crippen molar-refractivity contribution in [3.8, 4) is 11.5 Å². The summed E-state index contributed by atoms with van der Waals surface area (Å²) in [7, 11) is 5.88. The van der Waals surface area contributed by atoms with Crippen molar-refractivity contribution in [3.05, 3.63) is 67.0 Å². The molecule has 2 heterocycles. The minimum absolute atomic E-state index is 0. The van der Waals surface area contributed by atoms with Crippen LogP contribution >= 0.6 is 0 Å². The van der Waals surface area contributed by atoms with Crippen LogP contribution in [0.1, 0.15) is 35.0 Å². The molecule has 0 unspecified atom stereocenters. The zero-order chi connectivity index (χ0) is 25.3. The standard InChI is InChI=1S/C20H17N5O2.C8H17N.2H2/c1-27-18-11-14(6-7-17(18)26)24-20-21-9-8-19(25-20)23-15-10-13-4-2-3-5-16(13)22-12-15;1-9(2)8-6-4-3-5-7-8;;/h2-12,26H,1H3,(H2,21,23,24,25);8H,3-7H2,1-2H3;2*1H. The number of para-hydroxylation sites is 1. The van der Waals surface area contributed by atoms with E-state index in [2.05, 4.69) is 44.6 Å². The number of aromatic hydroxyl groups is 1. The lowest BCUT2D eigenvalue weighted by Gasteiger charge is -2.27. The Morgan fingerprint density at radius 2 is 1.75 bits per heavy atom. The van der Waals surface area contributed by atoms with Crippen LogP contribution in [0, 0.1) is 0 Å². The fourth-order valence-corrected chi connectivity index (χ4v) is 4.26. The van der Waals surface area contributed by atoms with Crippen LogP contribution in [-0.2, 0) is 0 Å². The number of phenolic OH excluding ortho intramolecular Hbond substituents is 1. The number of hydrogen-bond acceptors (Lipinski definition) is 8. The zero-order valence-corrected chi connectivity index (χ0v) is 21.1. The van der Waals surface area contributed by atoms with Gasteiger partial charge in [0.15, 0.2) is 11.5 Å². The number of pyridine rings is 1. The first kappa shape index (κ1) is 25.2. The summed E-state index contributed by atoms with van der Waals surface area (Å²) in [5.41, 5.74) is 2.48. The predicted octanol–water partition coefficient (Wildman–Crippen LogP) is 6.60. The van der Waals surface area contributed by atoms with Gasteiger partial charge < -0.3 is 25.4 Å². The van der Waals surface area contributed by atoms with E-state index in [9.17, 15) is 5.11 Å². The lowest BCUT2D eigenvalue weighted by Crippen LogP contribution is -2.29. The topological polar surface area (TPSA) is 95.4 Å². The number of phenols is 1. The van der Waals surface area contributed by atoms with Crippen molar-refractivity contribution < 1.29 is 12.7 Å². The number of nitrogens with zero attached hydrogens (tertiary/aromatic N) is 4. The van der Waals surface area contributed by atoms with Gasteiger partial charge in [-0.3, -0.25) is 4.98 Å². The number of benzene rings is 2. The Hall–Kier alpha value is -3.91. The second-order valence-electron chi connectivity index (χ2n) is 9.07. The van der Waals surface area contributed by atoms with Crippen LogP contribution in [0.2, 0.25) is 0 Å². The first-order chi connectivity index (χ1) is 17.5. The maximum Gasteiger partial charge on any atom is 0.229 e. The Balaban J connectivity index is 0.000000395. The van der Waals surface area contributed by atoms with E-state index in [0.717, 1.165) is 22.6 Å². The van der Waals surface area contributed by atoms with Gasteiger partial charge in [-0.2, -0.15) is 4.98 Å². The molecule has 5 rings (SSSR count). The quantitative estimate of drug-likeness (QED) is 0.260. The number of ether oxygens (including phenoxy) is 1. The summed E-state index contributed by atoms with van der Waals surface area (Å²) in [4.78, 5) is 15.5. The van der Waals surface area contributed by atoms with Gasteiger partial charge in [0, 0.05) is 32.2 Å². The molecule has 192 valence electrons.